The molecule has 0 spiro atoms. The molecular formula is C19H22N4O3S. The van der Waals surface area contributed by atoms with E-state index in [-0.39, 0.29) is 11.3 Å². The van der Waals surface area contributed by atoms with Gasteiger partial charge >= 0.3 is 11.7 Å². The zero-order chi connectivity index (χ0) is 19.0. The van der Waals surface area contributed by atoms with Crippen molar-refractivity contribution in [2.24, 2.45) is 0 Å². The van der Waals surface area contributed by atoms with Crippen LogP contribution >= 0.6 is 11.3 Å². The molecular weight excluding hydrogens is 364 g/mol. The van der Waals surface area contributed by atoms with Crippen LogP contribution in [0, 0.1) is 0 Å². The molecule has 1 saturated heterocycles. The van der Waals surface area contributed by atoms with Gasteiger partial charge in [0.05, 0.1) is 34.3 Å². The predicted octanol–water partition coefficient (Wildman–Crippen LogP) is 2.49. The van der Waals surface area contributed by atoms with Gasteiger partial charge in [-0.2, -0.15) is 0 Å². The van der Waals surface area contributed by atoms with E-state index in [1.807, 2.05) is 5.38 Å². The Morgan fingerprint density at radius 2 is 2.19 bits per heavy atom. The third-order valence-corrected chi connectivity index (χ3v) is 6.00. The van der Waals surface area contributed by atoms with E-state index < -0.39 is 5.97 Å². The highest BCUT2D eigenvalue weighted by Crippen LogP contribution is 2.22. The quantitative estimate of drug-likeness (QED) is 0.704. The van der Waals surface area contributed by atoms with Crippen LogP contribution in [0.2, 0.25) is 0 Å². The molecule has 142 valence electrons. The Morgan fingerprint density at radius 1 is 1.33 bits per heavy atom. The van der Waals surface area contributed by atoms with Crippen molar-refractivity contribution in [3.05, 3.63) is 50.8 Å². The zero-order valence-corrected chi connectivity index (χ0v) is 16.0. The lowest BCUT2D eigenvalue weighted by Gasteiger charge is -2.22. The number of aromatic nitrogens is 3. The van der Waals surface area contributed by atoms with E-state index in [1.165, 1.54) is 11.3 Å². The fraction of sp³-hybridized carbons (Fsp3) is 0.421. The molecule has 3 heterocycles. The Balaban J connectivity index is 1.82. The molecule has 1 atom stereocenters. The fourth-order valence-corrected chi connectivity index (χ4v) is 4.54. The van der Waals surface area contributed by atoms with Gasteiger partial charge < -0.3 is 5.11 Å². The maximum Gasteiger partial charge on any atom is 0.335 e. The largest absolute Gasteiger partial charge is 0.478 e. The van der Waals surface area contributed by atoms with Crippen molar-refractivity contribution < 1.29 is 9.90 Å². The zero-order valence-electron chi connectivity index (χ0n) is 15.2. The van der Waals surface area contributed by atoms with Crippen LogP contribution < -0.4 is 5.69 Å². The number of carbonyl (C=O) groups is 1. The van der Waals surface area contributed by atoms with E-state index in [0.717, 1.165) is 37.1 Å². The van der Waals surface area contributed by atoms with E-state index in [0.29, 0.717) is 24.6 Å². The minimum absolute atomic E-state index is 0.108. The summed E-state index contributed by atoms with van der Waals surface area (Å²) in [4.78, 5) is 31.3. The van der Waals surface area contributed by atoms with Gasteiger partial charge in [-0.25, -0.2) is 14.6 Å². The predicted molar refractivity (Wildman–Crippen MR) is 105 cm³/mol. The van der Waals surface area contributed by atoms with Crippen LogP contribution in [0.3, 0.4) is 0 Å². The third kappa shape index (κ3) is 3.30. The summed E-state index contributed by atoms with van der Waals surface area (Å²) in [5.41, 5.74) is 4.04. The molecule has 7 nitrogen and oxygen atoms in total. The third-order valence-electron chi connectivity index (χ3n) is 5.37. The van der Waals surface area contributed by atoms with Crippen LogP contribution in [0.5, 0.6) is 0 Å². The van der Waals surface area contributed by atoms with Crippen molar-refractivity contribution in [2.45, 2.75) is 38.9 Å². The second-order valence-electron chi connectivity index (χ2n) is 6.89. The number of hydrogen-bond donors (Lipinski definition) is 1. The average Bonchev–Trinajstić information content (AvgIpc) is 3.38. The summed E-state index contributed by atoms with van der Waals surface area (Å²) in [6.45, 7) is 5.15. The van der Waals surface area contributed by atoms with Crippen LogP contribution in [0.4, 0.5) is 0 Å². The summed E-state index contributed by atoms with van der Waals surface area (Å²) < 4.78 is 3.44. The molecule has 1 aliphatic rings. The van der Waals surface area contributed by atoms with E-state index >= 15 is 0 Å². The molecule has 1 N–H and O–H groups in total. The second kappa shape index (κ2) is 7.28. The SMILES string of the molecule is CCN1CCC[C@H]1Cn1c(=O)n(Cc2cscn2)c2cc(C(=O)O)ccc21. The molecule has 0 aliphatic carbocycles. The molecule has 3 aromatic rings. The summed E-state index contributed by atoms with van der Waals surface area (Å²) >= 11 is 1.48. The first-order chi connectivity index (χ1) is 13.1. The average molecular weight is 386 g/mol. The first-order valence-corrected chi connectivity index (χ1v) is 10.1. The standard InChI is InChI=1S/C19H22N4O3S/c1-2-21-7-3-4-15(21)10-23-16-6-5-13(18(24)25)8-17(16)22(19(23)26)9-14-11-27-12-20-14/h5-6,8,11-12,15H,2-4,7,9-10H2,1H3,(H,24,25)/t15-/m0/s1. The van der Waals surface area contributed by atoms with Crippen molar-refractivity contribution in [1.29, 1.82) is 0 Å². The number of fused-ring (bicyclic) bond motifs is 1. The molecule has 0 amide bonds. The van der Waals surface area contributed by atoms with Gasteiger partial charge in [-0.3, -0.25) is 14.0 Å². The maximum atomic E-state index is 13.2. The molecule has 1 aliphatic heterocycles. The number of nitrogens with zero attached hydrogens (tertiary/aromatic N) is 4. The molecule has 27 heavy (non-hydrogen) atoms. The smallest absolute Gasteiger partial charge is 0.335 e. The number of carboxylic acid groups (broad SMARTS) is 1. The number of likely N-dealkylation sites (N-methyl/N-ethyl adjacent to an activating group) is 1. The van der Waals surface area contributed by atoms with Gasteiger partial charge in [-0.15, -0.1) is 11.3 Å². The lowest BCUT2D eigenvalue weighted by atomic mass is 10.2. The summed E-state index contributed by atoms with van der Waals surface area (Å²) in [5, 5.41) is 11.3. The Morgan fingerprint density at radius 3 is 2.89 bits per heavy atom. The number of imidazole rings is 1. The Hall–Kier alpha value is -2.45. The van der Waals surface area contributed by atoms with Gasteiger partial charge in [0.1, 0.15) is 0 Å². The van der Waals surface area contributed by atoms with Crippen LogP contribution in [-0.2, 0) is 13.1 Å². The van der Waals surface area contributed by atoms with E-state index in [2.05, 4.69) is 16.8 Å². The first kappa shape index (κ1) is 17.9. The van der Waals surface area contributed by atoms with E-state index in [9.17, 15) is 14.7 Å². The van der Waals surface area contributed by atoms with E-state index in [4.69, 9.17) is 0 Å². The van der Waals surface area contributed by atoms with Crippen molar-refractivity contribution in [3.63, 3.8) is 0 Å². The Bertz CT molecular complexity index is 1020. The molecule has 0 unspecified atom stereocenters. The summed E-state index contributed by atoms with van der Waals surface area (Å²) in [5.74, 6) is -0.995. The number of likely N-dealkylation sites (tertiary alicyclic amines) is 1. The number of hydrogen-bond acceptors (Lipinski definition) is 5. The fourth-order valence-electron chi connectivity index (χ4n) is 3.99. The van der Waals surface area contributed by atoms with Crippen molar-refractivity contribution in [2.75, 3.05) is 13.1 Å². The second-order valence-corrected chi connectivity index (χ2v) is 7.61. The number of aromatic carboxylic acids is 1. The topological polar surface area (TPSA) is 80.4 Å². The first-order valence-electron chi connectivity index (χ1n) is 9.16. The lowest BCUT2D eigenvalue weighted by Crippen LogP contribution is -2.36. The van der Waals surface area contributed by atoms with E-state index in [1.54, 1.807) is 32.8 Å². The van der Waals surface area contributed by atoms with Gasteiger partial charge in [0.15, 0.2) is 0 Å². The van der Waals surface area contributed by atoms with Crippen molar-refractivity contribution in [3.8, 4) is 0 Å². The van der Waals surface area contributed by atoms with Crippen LogP contribution in [0.1, 0.15) is 35.8 Å². The van der Waals surface area contributed by atoms with Gasteiger partial charge in [0, 0.05) is 18.0 Å². The normalized spacial score (nSPS) is 17.7. The van der Waals surface area contributed by atoms with Crippen molar-refractivity contribution >= 4 is 28.3 Å². The highest BCUT2D eigenvalue weighted by molar-refractivity contribution is 7.07. The molecule has 2 aromatic heterocycles. The molecule has 0 radical (unpaired) electrons. The van der Waals surface area contributed by atoms with Crippen LogP contribution in [-0.4, -0.2) is 49.2 Å². The highest BCUT2D eigenvalue weighted by atomic mass is 32.1. The number of benzene rings is 1. The molecule has 4 rings (SSSR count). The summed E-state index contributed by atoms with van der Waals surface area (Å²) in [6, 6.07) is 5.25. The summed E-state index contributed by atoms with van der Waals surface area (Å²) in [7, 11) is 0. The van der Waals surface area contributed by atoms with Crippen molar-refractivity contribution in [1.82, 2.24) is 19.0 Å². The van der Waals surface area contributed by atoms with Gasteiger partial charge in [0.2, 0.25) is 0 Å². The minimum atomic E-state index is -0.995. The molecule has 8 heteroatoms. The number of carboxylic acids is 1. The Kier molecular flexibility index (Phi) is 4.84. The van der Waals surface area contributed by atoms with Crippen LogP contribution in [0.15, 0.2) is 33.9 Å². The molecule has 1 aromatic carbocycles. The Labute approximate surface area is 160 Å². The van der Waals surface area contributed by atoms with Gasteiger partial charge in [0.25, 0.3) is 0 Å². The van der Waals surface area contributed by atoms with Crippen LogP contribution in [0.25, 0.3) is 11.0 Å². The minimum Gasteiger partial charge on any atom is -0.478 e. The number of rotatable bonds is 6. The van der Waals surface area contributed by atoms with Gasteiger partial charge in [-0.05, 0) is 44.1 Å². The van der Waals surface area contributed by atoms with Gasteiger partial charge in [-0.1, -0.05) is 6.92 Å². The molecule has 0 bridgehead atoms. The highest BCUT2D eigenvalue weighted by Gasteiger charge is 2.26. The molecule has 0 saturated carbocycles. The summed E-state index contributed by atoms with van der Waals surface area (Å²) in [6.07, 6.45) is 2.22. The lowest BCUT2D eigenvalue weighted by molar-refractivity contribution is 0.0697. The molecule has 1 fully saturated rings. The maximum absolute atomic E-state index is 13.2. The monoisotopic (exact) mass is 386 g/mol. The number of thiazole rings is 1.